The molecular weight excluding hydrogens is 184 g/mol. The van der Waals surface area contributed by atoms with Crippen LogP contribution in [0.4, 0.5) is 5.69 Å². The molecule has 0 aromatic heterocycles. The summed E-state index contributed by atoms with van der Waals surface area (Å²) >= 11 is 0. The highest BCUT2D eigenvalue weighted by Gasteiger charge is 2.28. The van der Waals surface area contributed by atoms with Crippen molar-refractivity contribution < 1.29 is 0 Å². The van der Waals surface area contributed by atoms with Crippen LogP contribution in [0.3, 0.4) is 0 Å². The third kappa shape index (κ3) is 2.00. The van der Waals surface area contributed by atoms with Crippen molar-refractivity contribution in [3.05, 3.63) is 29.8 Å². The molecule has 1 aliphatic heterocycles. The predicted octanol–water partition coefficient (Wildman–Crippen LogP) is 2.74. The standard InChI is InChI=1S/C13H20N2/c1-10-9-11-7-5-6-8-12(11)15(14-10)13(2,3)4/h5-8,10,14H,9H2,1-4H3. The van der Waals surface area contributed by atoms with E-state index >= 15 is 0 Å². The number of para-hydroxylation sites is 1. The van der Waals surface area contributed by atoms with Gasteiger partial charge in [0.1, 0.15) is 0 Å². The first-order valence-corrected chi connectivity index (χ1v) is 5.63. The summed E-state index contributed by atoms with van der Waals surface area (Å²) in [5.74, 6) is 0. The number of nitrogens with zero attached hydrogens (tertiary/aromatic N) is 1. The molecular formula is C13H20N2. The summed E-state index contributed by atoms with van der Waals surface area (Å²) in [5, 5.41) is 2.29. The third-order valence-electron chi connectivity index (χ3n) is 2.78. The number of benzene rings is 1. The Bertz CT molecular complexity index is 352. The number of fused-ring (bicyclic) bond motifs is 1. The maximum Gasteiger partial charge on any atom is 0.0558 e. The summed E-state index contributed by atoms with van der Waals surface area (Å²) in [5.41, 5.74) is 6.43. The van der Waals surface area contributed by atoms with Gasteiger partial charge in [-0.2, -0.15) is 0 Å². The molecule has 1 aliphatic rings. The van der Waals surface area contributed by atoms with Crippen LogP contribution in [0.15, 0.2) is 24.3 Å². The van der Waals surface area contributed by atoms with Gasteiger partial charge >= 0.3 is 0 Å². The van der Waals surface area contributed by atoms with E-state index < -0.39 is 0 Å². The van der Waals surface area contributed by atoms with Gasteiger partial charge in [0.25, 0.3) is 0 Å². The van der Waals surface area contributed by atoms with Crippen LogP contribution < -0.4 is 10.4 Å². The van der Waals surface area contributed by atoms with Gasteiger partial charge in [0.05, 0.1) is 5.69 Å². The van der Waals surface area contributed by atoms with Crippen molar-refractivity contribution >= 4 is 5.69 Å². The van der Waals surface area contributed by atoms with Crippen molar-refractivity contribution in [1.29, 1.82) is 0 Å². The van der Waals surface area contributed by atoms with E-state index in [1.165, 1.54) is 11.3 Å². The van der Waals surface area contributed by atoms with Gasteiger partial charge in [-0.15, -0.1) is 0 Å². The summed E-state index contributed by atoms with van der Waals surface area (Å²) in [7, 11) is 0. The lowest BCUT2D eigenvalue weighted by molar-refractivity contribution is 0.382. The Kier molecular flexibility index (Phi) is 2.47. The summed E-state index contributed by atoms with van der Waals surface area (Å²) in [6.45, 7) is 8.92. The van der Waals surface area contributed by atoms with E-state index in [9.17, 15) is 0 Å². The molecule has 1 unspecified atom stereocenters. The second-order valence-electron chi connectivity index (χ2n) is 5.37. The van der Waals surface area contributed by atoms with E-state index in [0.29, 0.717) is 6.04 Å². The van der Waals surface area contributed by atoms with Gasteiger partial charge in [-0.05, 0) is 45.7 Å². The van der Waals surface area contributed by atoms with Crippen LogP contribution in [0, 0.1) is 0 Å². The van der Waals surface area contributed by atoms with Crippen molar-refractivity contribution in [2.75, 3.05) is 5.01 Å². The van der Waals surface area contributed by atoms with Gasteiger partial charge < -0.3 is 5.01 Å². The van der Waals surface area contributed by atoms with Gasteiger partial charge in [0, 0.05) is 11.6 Å². The molecule has 82 valence electrons. The number of hydrogen-bond donors (Lipinski definition) is 1. The molecule has 0 aliphatic carbocycles. The molecule has 0 bridgehead atoms. The fraction of sp³-hybridized carbons (Fsp3) is 0.538. The van der Waals surface area contributed by atoms with Crippen LogP contribution in [0.2, 0.25) is 0 Å². The van der Waals surface area contributed by atoms with E-state index in [4.69, 9.17) is 0 Å². The zero-order valence-corrected chi connectivity index (χ0v) is 10.0. The molecule has 15 heavy (non-hydrogen) atoms. The maximum atomic E-state index is 3.55. The van der Waals surface area contributed by atoms with E-state index in [0.717, 1.165) is 6.42 Å². The van der Waals surface area contributed by atoms with Gasteiger partial charge in [0.2, 0.25) is 0 Å². The molecule has 2 heteroatoms. The predicted molar refractivity (Wildman–Crippen MR) is 65.0 cm³/mol. The quantitative estimate of drug-likeness (QED) is 0.699. The Morgan fingerprint density at radius 2 is 1.93 bits per heavy atom. The van der Waals surface area contributed by atoms with Crippen molar-refractivity contribution in [1.82, 2.24) is 5.43 Å². The van der Waals surface area contributed by atoms with Crippen LogP contribution in [0.5, 0.6) is 0 Å². The highest BCUT2D eigenvalue weighted by atomic mass is 15.6. The molecule has 0 amide bonds. The maximum absolute atomic E-state index is 3.55. The molecule has 0 saturated heterocycles. The van der Waals surface area contributed by atoms with Crippen molar-refractivity contribution in [3.63, 3.8) is 0 Å². The third-order valence-corrected chi connectivity index (χ3v) is 2.78. The van der Waals surface area contributed by atoms with E-state index in [2.05, 4.69) is 62.4 Å². The van der Waals surface area contributed by atoms with Crippen molar-refractivity contribution in [3.8, 4) is 0 Å². The molecule has 1 aromatic carbocycles. The summed E-state index contributed by atoms with van der Waals surface area (Å²) in [6, 6.07) is 9.16. The molecule has 0 radical (unpaired) electrons. The van der Waals surface area contributed by atoms with Gasteiger partial charge in [-0.25, -0.2) is 5.43 Å². The van der Waals surface area contributed by atoms with E-state index in [-0.39, 0.29) is 5.54 Å². The lowest BCUT2D eigenvalue weighted by Crippen LogP contribution is -2.57. The lowest BCUT2D eigenvalue weighted by atomic mass is 9.98. The minimum atomic E-state index is 0.116. The number of rotatable bonds is 0. The Morgan fingerprint density at radius 3 is 2.60 bits per heavy atom. The van der Waals surface area contributed by atoms with Crippen LogP contribution in [0.25, 0.3) is 0 Å². The summed E-state index contributed by atoms with van der Waals surface area (Å²) in [6.07, 6.45) is 1.11. The van der Waals surface area contributed by atoms with Gasteiger partial charge in [-0.3, -0.25) is 0 Å². The molecule has 2 rings (SSSR count). The van der Waals surface area contributed by atoms with E-state index in [1.807, 2.05) is 0 Å². The minimum absolute atomic E-state index is 0.116. The molecule has 2 nitrogen and oxygen atoms in total. The largest absolute Gasteiger partial charge is 0.303 e. The van der Waals surface area contributed by atoms with Crippen LogP contribution in [0.1, 0.15) is 33.3 Å². The summed E-state index contributed by atoms with van der Waals surface area (Å²) in [4.78, 5) is 0. The topological polar surface area (TPSA) is 15.3 Å². The number of nitrogens with one attached hydrogen (secondary N) is 1. The molecule has 0 spiro atoms. The number of anilines is 1. The molecule has 1 N–H and O–H groups in total. The second kappa shape index (κ2) is 3.53. The molecule has 0 fully saturated rings. The average molecular weight is 204 g/mol. The van der Waals surface area contributed by atoms with Gasteiger partial charge in [0.15, 0.2) is 0 Å². The minimum Gasteiger partial charge on any atom is -0.303 e. The summed E-state index contributed by atoms with van der Waals surface area (Å²) < 4.78 is 0. The Morgan fingerprint density at radius 1 is 1.27 bits per heavy atom. The Labute approximate surface area is 92.3 Å². The first-order chi connectivity index (χ1) is 6.98. The zero-order valence-electron chi connectivity index (χ0n) is 10.0. The van der Waals surface area contributed by atoms with Crippen LogP contribution >= 0.6 is 0 Å². The van der Waals surface area contributed by atoms with Crippen molar-refractivity contribution in [2.24, 2.45) is 0 Å². The Hall–Kier alpha value is -1.02. The Balaban J connectivity index is 2.43. The fourth-order valence-corrected chi connectivity index (χ4v) is 2.12. The highest BCUT2D eigenvalue weighted by Crippen LogP contribution is 2.30. The van der Waals surface area contributed by atoms with Crippen LogP contribution in [-0.2, 0) is 6.42 Å². The second-order valence-corrected chi connectivity index (χ2v) is 5.37. The molecule has 1 heterocycles. The average Bonchev–Trinajstić information content (AvgIpc) is 2.15. The number of hydrogen-bond acceptors (Lipinski definition) is 2. The zero-order chi connectivity index (χ0) is 11.1. The monoisotopic (exact) mass is 204 g/mol. The fourth-order valence-electron chi connectivity index (χ4n) is 2.12. The van der Waals surface area contributed by atoms with Crippen molar-refractivity contribution in [2.45, 2.75) is 45.7 Å². The highest BCUT2D eigenvalue weighted by molar-refractivity contribution is 5.56. The first-order valence-electron chi connectivity index (χ1n) is 5.63. The normalized spacial score (nSPS) is 21.3. The first kappa shape index (κ1) is 10.5. The smallest absolute Gasteiger partial charge is 0.0558 e. The SMILES string of the molecule is CC1Cc2ccccc2N(C(C)(C)C)N1. The molecule has 1 aromatic rings. The molecule has 1 atom stereocenters. The molecule has 0 saturated carbocycles. The van der Waals surface area contributed by atoms with Gasteiger partial charge in [-0.1, -0.05) is 18.2 Å². The van der Waals surface area contributed by atoms with Crippen LogP contribution in [-0.4, -0.2) is 11.6 Å². The number of hydrazine groups is 1. The lowest BCUT2D eigenvalue weighted by Gasteiger charge is -2.44. The van der Waals surface area contributed by atoms with E-state index in [1.54, 1.807) is 0 Å².